The molecule has 0 N–H and O–H groups in total. The number of ether oxygens (including phenoxy) is 1. The van der Waals surface area contributed by atoms with Gasteiger partial charge in [-0.3, -0.25) is 0 Å². The minimum absolute atomic E-state index is 0.586. The van der Waals surface area contributed by atoms with Gasteiger partial charge in [0, 0.05) is 6.42 Å². The van der Waals surface area contributed by atoms with Gasteiger partial charge in [0.2, 0.25) is 0 Å². The van der Waals surface area contributed by atoms with Gasteiger partial charge in [-0.1, -0.05) is 17.7 Å². The van der Waals surface area contributed by atoms with E-state index < -0.39 is 0 Å². The molecule has 0 unspecified atom stereocenters. The Morgan fingerprint density at radius 3 is 2.89 bits per heavy atom. The predicted molar refractivity (Wildman–Crippen MR) is 71.9 cm³/mol. The molecule has 0 fully saturated rings. The Kier molecular flexibility index (Phi) is 3.96. The molecule has 2 rings (SSSR count). The third-order valence-electron chi connectivity index (χ3n) is 2.57. The average molecular weight is 258 g/mol. The summed E-state index contributed by atoms with van der Waals surface area (Å²) in [6.07, 6.45) is 2.34. The van der Waals surface area contributed by atoms with Crippen LogP contribution in [0.4, 0.5) is 0 Å². The van der Waals surface area contributed by atoms with E-state index in [0.29, 0.717) is 11.5 Å². The van der Waals surface area contributed by atoms with E-state index >= 15 is 0 Å². The van der Waals surface area contributed by atoms with Crippen LogP contribution in [0.3, 0.4) is 0 Å². The van der Waals surface area contributed by atoms with Gasteiger partial charge in [-0.05, 0) is 25.5 Å². The fraction of sp³-hybridized carbons (Fsp3) is 0.286. The highest BCUT2D eigenvalue weighted by molar-refractivity contribution is 7.12. The maximum Gasteiger partial charge on any atom is 0.124 e. The van der Waals surface area contributed by atoms with Crippen molar-refractivity contribution in [1.29, 1.82) is 5.26 Å². The lowest BCUT2D eigenvalue weighted by atomic mass is 10.1. The van der Waals surface area contributed by atoms with E-state index in [1.165, 1.54) is 16.9 Å². The van der Waals surface area contributed by atoms with Crippen molar-refractivity contribution in [1.82, 2.24) is 4.98 Å². The van der Waals surface area contributed by atoms with E-state index in [0.717, 1.165) is 22.7 Å². The first-order chi connectivity index (χ1) is 8.69. The number of nitrogens with zero attached hydrogens (tertiary/aromatic N) is 2. The molecule has 0 bridgehead atoms. The van der Waals surface area contributed by atoms with Crippen molar-refractivity contribution < 1.29 is 4.74 Å². The number of benzene rings is 1. The lowest BCUT2D eigenvalue weighted by molar-refractivity contribution is 0.319. The average Bonchev–Trinajstić information content (AvgIpc) is 2.80. The highest BCUT2D eigenvalue weighted by Crippen LogP contribution is 2.19. The minimum Gasteiger partial charge on any atom is -0.493 e. The zero-order chi connectivity index (χ0) is 13.0. The molecule has 0 saturated heterocycles. The van der Waals surface area contributed by atoms with Crippen molar-refractivity contribution in [2.75, 3.05) is 6.61 Å². The van der Waals surface area contributed by atoms with E-state index in [4.69, 9.17) is 10.00 Å². The predicted octanol–water partition coefficient (Wildman–Crippen LogP) is 3.25. The van der Waals surface area contributed by atoms with Crippen molar-refractivity contribution in [3.05, 3.63) is 45.4 Å². The molecule has 4 heteroatoms. The fourth-order valence-corrected chi connectivity index (χ4v) is 2.38. The third-order valence-corrected chi connectivity index (χ3v) is 3.53. The number of nitriles is 1. The summed E-state index contributed by atoms with van der Waals surface area (Å²) in [4.78, 5) is 4.82. The molecule has 0 atom stereocenters. The Hall–Kier alpha value is -1.86. The van der Waals surface area contributed by atoms with Crippen molar-refractivity contribution in [2.24, 2.45) is 0 Å². The molecule has 0 aliphatic heterocycles. The number of thiazole rings is 1. The summed E-state index contributed by atoms with van der Waals surface area (Å²) >= 11 is 1.42. The number of hydrogen-bond donors (Lipinski definition) is 0. The largest absolute Gasteiger partial charge is 0.493 e. The van der Waals surface area contributed by atoms with E-state index in [9.17, 15) is 0 Å². The standard InChI is InChI=1S/C14H14N2OS/c1-10-3-4-13(11(2)7-10)17-6-5-14-16-9-12(8-15)18-14/h3-4,7,9H,5-6H2,1-2H3. The maximum atomic E-state index is 8.71. The molecule has 18 heavy (non-hydrogen) atoms. The second-order valence-corrected chi connectivity index (χ2v) is 5.21. The molecule has 1 aromatic carbocycles. The molecule has 0 amide bonds. The lowest BCUT2D eigenvalue weighted by Gasteiger charge is -2.08. The summed E-state index contributed by atoms with van der Waals surface area (Å²) < 4.78 is 5.72. The molecule has 3 nitrogen and oxygen atoms in total. The minimum atomic E-state index is 0.586. The van der Waals surface area contributed by atoms with Crippen molar-refractivity contribution in [3.63, 3.8) is 0 Å². The van der Waals surface area contributed by atoms with E-state index in [2.05, 4.69) is 24.0 Å². The van der Waals surface area contributed by atoms with E-state index in [-0.39, 0.29) is 0 Å². The molecular formula is C14H14N2OS. The van der Waals surface area contributed by atoms with Crippen molar-refractivity contribution in [3.8, 4) is 11.8 Å². The topological polar surface area (TPSA) is 45.9 Å². The molecule has 1 heterocycles. The van der Waals surface area contributed by atoms with Gasteiger partial charge in [0.05, 0.1) is 17.8 Å². The normalized spacial score (nSPS) is 10.1. The molecule has 0 spiro atoms. The van der Waals surface area contributed by atoms with Crippen LogP contribution in [0, 0.1) is 25.2 Å². The van der Waals surface area contributed by atoms with Crippen LogP contribution < -0.4 is 4.74 Å². The van der Waals surface area contributed by atoms with Gasteiger partial charge < -0.3 is 4.74 Å². The number of aryl methyl sites for hydroxylation is 2. The van der Waals surface area contributed by atoms with Crippen LogP contribution in [0.15, 0.2) is 24.4 Å². The molecule has 1 aromatic heterocycles. The Labute approximate surface area is 111 Å². The van der Waals surface area contributed by atoms with Gasteiger partial charge in [0.1, 0.15) is 16.7 Å². The molecule has 0 saturated carbocycles. The van der Waals surface area contributed by atoms with Gasteiger partial charge in [0.25, 0.3) is 0 Å². The Balaban J connectivity index is 1.90. The lowest BCUT2D eigenvalue weighted by Crippen LogP contribution is -2.02. The number of rotatable bonds is 4. The highest BCUT2D eigenvalue weighted by atomic mass is 32.1. The zero-order valence-corrected chi connectivity index (χ0v) is 11.3. The SMILES string of the molecule is Cc1ccc(OCCc2ncc(C#N)s2)c(C)c1. The summed E-state index contributed by atoms with van der Waals surface area (Å²) in [7, 11) is 0. The van der Waals surface area contributed by atoms with Crippen LogP contribution in [0.2, 0.25) is 0 Å². The van der Waals surface area contributed by atoms with Gasteiger partial charge in [-0.25, -0.2) is 4.98 Å². The smallest absolute Gasteiger partial charge is 0.124 e. The Bertz CT molecular complexity index is 584. The molecule has 0 aliphatic rings. The van der Waals surface area contributed by atoms with Crippen LogP contribution >= 0.6 is 11.3 Å². The van der Waals surface area contributed by atoms with Crippen LogP contribution in [-0.2, 0) is 6.42 Å². The van der Waals surface area contributed by atoms with Crippen LogP contribution in [0.1, 0.15) is 21.0 Å². The first-order valence-corrected chi connectivity index (χ1v) is 6.55. The number of aromatic nitrogens is 1. The summed E-state index contributed by atoms with van der Waals surface area (Å²) in [5, 5.41) is 9.65. The first-order valence-electron chi connectivity index (χ1n) is 5.74. The van der Waals surface area contributed by atoms with Gasteiger partial charge in [0.15, 0.2) is 0 Å². The molecule has 0 aliphatic carbocycles. The summed E-state index contributed by atoms with van der Waals surface area (Å²) in [5.74, 6) is 0.915. The summed E-state index contributed by atoms with van der Waals surface area (Å²) in [6.45, 7) is 4.69. The first kappa shape index (κ1) is 12.6. The van der Waals surface area contributed by atoms with Crippen LogP contribution in [0.25, 0.3) is 0 Å². The summed E-state index contributed by atoms with van der Waals surface area (Å²) in [6, 6.07) is 8.22. The Morgan fingerprint density at radius 1 is 1.39 bits per heavy atom. The molecule has 92 valence electrons. The fourth-order valence-electron chi connectivity index (χ4n) is 1.69. The maximum absolute atomic E-state index is 8.71. The second kappa shape index (κ2) is 5.65. The summed E-state index contributed by atoms with van der Waals surface area (Å²) in [5.41, 5.74) is 2.38. The molecule has 0 radical (unpaired) electrons. The second-order valence-electron chi connectivity index (χ2n) is 4.10. The Morgan fingerprint density at radius 2 is 2.22 bits per heavy atom. The van der Waals surface area contributed by atoms with E-state index in [1.54, 1.807) is 6.20 Å². The van der Waals surface area contributed by atoms with Crippen molar-refractivity contribution in [2.45, 2.75) is 20.3 Å². The number of hydrogen-bond acceptors (Lipinski definition) is 4. The third kappa shape index (κ3) is 3.08. The van der Waals surface area contributed by atoms with Crippen LogP contribution in [-0.4, -0.2) is 11.6 Å². The molecular weight excluding hydrogens is 244 g/mol. The van der Waals surface area contributed by atoms with Crippen LogP contribution in [0.5, 0.6) is 5.75 Å². The quantitative estimate of drug-likeness (QED) is 0.845. The van der Waals surface area contributed by atoms with Gasteiger partial charge in [-0.15, -0.1) is 11.3 Å². The van der Waals surface area contributed by atoms with E-state index in [1.807, 2.05) is 19.1 Å². The highest BCUT2D eigenvalue weighted by Gasteiger charge is 2.03. The monoisotopic (exact) mass is 258 g/mol. The van der Waals surface area contributed by atoms with Crippen molar-refractivity contribution >= 4 is 11.3 Å². The zero-order valence-electron chi connectivity index (χ0n) is 10.4. The van der Waals surface area contributed by atoms with Gasteiger partial charge >= 0.3 is 0 Å². The van der Waals surface area contributed by atoms with Gasteiger partial charge in [-0.2, -0.15) is 5.26 Å². The molecule has 2 aromatic rings.